The van der Waals surface area contributed by atoms with Gasteiger partial charge in [0.25, 0.3) is 0 Å². The van der Waals surface area contributed by atoms with Crippen LogP contribution in [0, 0.1) is 11.6 Å². The molecule has 0 saturated carbocycles. The van der Waals surface area contributed by atoms with Crippen LogP contribution in [0.25, 0.3) is 0 Å². The minimum atomic E-state index is -3.91. The summed E-state index contributed by atoms with van der Waals surface area (Å²) in [6, 6.07) is 2.33. The van der Waals surface area contributed by atoms with E-state index in [0.717, 1.165) is 12.1 Å². The lowest BCUT2D eigenvalue weighted by Gasteiger charge is -2.10. The van der Waals surface area contributed by atoms with Crippen LogP contribution in [0.15, 0.2) is 23.1 Å². The van der Waals surface area contributed by atoms with Gasteiger partial charge in [0.05, 0.1) is 16.9 Å². The van der Waals surface area contributed by atoms with Gasteiger partial charge in [0, 0.05) is 13.7 Å². The number of nitrogens with one attached hydrogen (secondary N) is 1. The van der Waals surface area contributed by atoms with Gasteiger partial charge in [-0.1, -0.05) is 0 Å². The molecule has 1 aromatic carbocycles. The highest BCUT2D eigenvalue weighted by atomic mass is 35.5. The first-order chi connectivity index (χ1) is 8.36. The molecule has 0 fully saturated rings. The van der Waals surface area contributed by atoms with Crippen LogP contribution in [0.5, 0.6) is 0 Å². The van der Waals surface area contributed by atoms with Crippen molar-refractivity contribution in [3.8, 4) is 0 Å². The van der Waals surface area contributed by atoms with Crippen LogP contribution >= 0.6 is 11.6 Å². The lowest BCUT2D eigenvalue weighted by atomic mass is 10.3. The Balaban J connectivity index is 2.77. The predicted molar refractivity (Wildman–Crippen MR) is 63.1 cm³/mol. The minimum Gasteiger partial charge on any atom is -0.383 e. The second-order valence-corrected chi connectivity index (χ2v) is 5.86. The number of methoxy groups -OCH3 is 1. The smallest absolute Gasteiger partial charge is 0.240 e. The molecule has 0 aliphatic rings. The fourth-order valence-corrected chi connectivity index (χ4v) is 2.55. The quantitative estimate of drug-likeness (QED) is 0.810. The van der Waals surface area contributed by atoms with E-state index in [1.807, 2.05) is 0 Å². The third-order valence-corrected chi connectivity index (χ3v) is 3.75. The van der Waals surface area contributed by atoms with E-state index >= 15 is 0 Å². The number of alkyl halides is 1. The molecule has 0 bridgehead atoms. The molecule has 18 heavy (non-hydrogen) atoms. The molecule has 0 radical (unpaired) electrons. The zero-order valence-corrected chi connectivity index (χ0v) is 11.1. The monoisotopic (exact) mass is 299 g/mol. The van der Waals surface area contributed by atoms with E-state index in [2.05, 4.69) is 4.72 Å². The van der Waals surface area contributed by atoms with Crippen LogP contribution in [-0.2, 0) is 14.8 Å². The maximum atomic E-state index is 12.9. The number of ether oxygens (including phenoxy) is 1. The molecule has 102 valence electrons. The third-order valence-electron chi connectivity index (χ3n) is 2.04. The standard InChI is InChI=1S/C10H12ClF2NO3S/c1-17-6-7(11)5-14-18(15,16)8-2-3-9(12)10(13)4-8/h2-4,7,14H,5-6H2,1H3. The highest BCUT2D eigenvalue weighted by Crippen LogP contribution is 2.13. The van der Waals surface area contributed by atoms with Gasteiger partial charge in [0.2, 0.25) is 10.0 Å². The summed E-state index contributed by atoms with van der Waals surface area (Å²) in [5, 5.41) is -0.546. The van der Waals surface area contributed by atoms with Crippen molar-refractivity contribution in [2.75, 3.05) is 20.3 Å². The van der Waals surface area contributed by atoms with Crippen molar-refractivity contribution in [1.29, 1.82) is 0 Å². The second-order valence-electron chi connectivity index (χ2n) is 3.48. The molecule has 1 atom stereocenters. The van der Waals surface area contributed by atoms with Gasteiger partial charge in [0.1, 0.15) is 0 Å². The number of halogens is 3. The van der Waals surface area contributed by atoms with E-state index in [1.54, 1.807) is 0 Å². The number of hydrogen-bond donors (Lipinski definition) is 1. The van der Waals surface area contributed by atoms with Crippen LogP contribution in [0.3, 0.4) is 0 Å². The largest absolute Gasteiger partial charge is 0.383 e. The molecular weight excluding hydrogens is 288 g/mol. The Morgan fingerprint density at radius 1 is 1.39 bits per heavy atom. The second kappa shape index (κ2) is 6.42. The van der Waals surface area contributed by atoms with Gasteiger partial charge < -0.3 is 4.74 Å². The van der Waals surface area contributed by atoms with Crippen molar-refractivity contribution >= 4 is 21.6 Å². The summed E-state index contributed by atoms with van der Waals surface area (Å²) in [4.78, 5) is -0.359. The summed E-state index contributed by atoms with van der Waals surface area (Å²) in [5.74, 6) is -2.33. The Morgan fingerprint density at radius 3 is 2.61 bits per heavy atom. The first kappa shape index (κ1) is 15.3. The molecule has 0 saturated heterocycles. The SMILES string of the molecule is COCC(Cl)CNS(=O)(=O)c1ccc(F)c(F)c1. The van der Waals surface area contributed by atoms with Crippen molar-refractivity contribution in [3.63, 3.8) is 0 Å². The van der Waals surface area contributed by atoms with E-state index in [4.69, 9.17) is 16.3 Å². The Kier molecular flexibility index (Phi) is 5.46. The molecule has 1 unspecified atom stereocenters. The average Bonchev–Trinajstić information content (AvgIpc) is 2.30. The average molecular weight is 300 g/mol. The Labute approximate surface area is 109 Å². The van der Waals surface area contributed by atoms with E-state index in [1.165, 1.54) is 7.11 Å². The lowest BCUT2D eigenvalue weighted by molar-refractivity contribution is 0.198. The summed E-state index contributed by atoms with van der Waals surface area (Å²) in [7, 11) is -2.48. The van der Waals surface area contributed by atoms with Crippen molar-refractivity contribution in [2.45, 2.75) is 10.3 Å². The maximum Gasteiger partial charge on any atom is 0.240 e. The van der Waals surface area contributed by atoms with Crippen LogP contribution in [0.2, 0.25) is 0 Å². The molecule has 0 aliphatic carbocycles. The summed E-state index contributed by atoms with van der Waals surface area (Å²) in [5.41, 5.74) is 0. The highest BCUT2D eigenvalue weighted by molar-refractivity contribution is 7.89. The Morgan fingerprint density at radius 2 is 2.06 bits per heavy atom. The van der Waals surface area contributed by atoms with E-state index in [-0.39, 0.29) is 18.0 Å². The minimum absolute atomic E-state index is 0.0727. The maximum absolute atomic E-state index is 12.9. The van der Waals surface area contributed by atoms with Gasteiger partial charge in [-0.05, 0) is 18.2 Å². The summed E-state index contributed by atoms with van der Waals surface area (Å²) < 4.78 is 55.9. The van der Waals surface area contributed by atoms with Gasteiger partial charge in [-0.2, -0.15) is 0 Å². The zero-order valence-electron chi connectivity index (χ0n) is 9.49. The fraction of sp³-hybridized carbons (Fsp3) is 0.400. The predicted octanol–water partition coefficient (Wildman–Crippen LogP) is 1.50. The Hall–Kier alpha value is -0.760. The van der Waals surface area contributed by atoms with E-state index in [9.17, 15) is 17.2 Å². The topological polar surface area (TPSA) is 55.4 Å². The van der Waals surface area contributed by atoms with Crippen molar-refractivity contribution in [3.05, 3.63) is 29.8 Å². The Bertz CT molecular complexity index is 510. The molecule has 0 aliphatic heterocycles. The third kappa shape index (κ3) is 4.16. The number of benzene rings is 1. The van der Waals surface area contributed by atoms with Crippen LogP contribution < -0.4 is 4.72 Å². The van der Waals surface area contributed by atoms with Crippen molar-refractivity contribution < 1.29 is 21.9 Å². The van der Waals surface area contributed by atoms with E-state index in [0.29, 0.717) is 6.07 Å². The fourth-order valence-electron chi connectivity index (χ4n) is 1.17. The van der Waals surface area contributed by atoms with Crippen LogP contribution in [-0.4, -0.2) is 34.1 Å². The first-order valence-electron chi connectivity index (χ1n) is 4.94. The number of rotatable bonds is 6. The summed E-state index contributed by atoms with van der Waals surface area (Å²) in [6.07, 6.45) is 0. The van der Waals surface area contributed by atoms with Gasteiger partial charge in [-0.25, -0.2) is 21.9 Å². The van der Waals surface area contributed by atoms with Gasteiger partial charge in [-0.3, -0.25) is 0 Å². The molecular formula is C10H12ClF2NO3S. The lowest BCUT2D eigenvalue weighted by Crippen LogP contribution is -2.31. The van der Waals surface area contributed by atoms with Crippen LogP contribution in [0.1, 0.15) is 0 Å². The van der Waals surface area contributed by atoms with Gasteiger partial charge >= 0.3 is 0 Å². The van der Waals surface area contributed by atoms with E-state index < -0.39 is 27.0 Å². The van der Waals surface area contributed by atoms with Crippen LogP contribution in [0.4, 0.5) is 8.78 Å². The summed E-state index contributed by atoms with van der Waals surface area (Å²) in [6.45, 7) is 0.0958. The molecule has 0 spiro atoms. The van der Waals surface area contributed by atoms with Crippen molar-refractivity contribution in [2.24, 2.45) is 0 Å². The molecule has 0 aromatic heterocycles. The number of sulfonamides is 1. The molecule has 0 heterocycles. The number of hydrogen-bond acceptors (Lipinski definition) is 3. The molecule has 4 nitrogen and oxygen atoms in total. The molecule has 0 amide bonds. The van der Waals surface area contributed by atoms with Crippen molar-refractivity contribution in [1.82, 2.24) is 4.72 Å². The molecule has 1 aromatic rings. The first-order valence-corrected chi connectivity index (χ1v) is 6.86. The molecule has 8 heteroatoms. The summed E-state index contributed by atoms with van der Waals surface area (Å²) >= 11 is 5.74. The van der Waals surface area contributed by atoms with Gasteiger partial charge in [-0.15, -0.1) is 11.6 Å². The zero-order chi connectivity index (χ0) is 13.8. The highest BCUT2D eigenvalue weighted by Gasteiger charge is 2.17. The molecule has 1 N–H and O–H groups in total. The normalized spacial score (nSPS) is 13.6. The van der Waals surface area contributed by atoms with Gasteiger partial charge in [0.15, 0.2) is 11.6 Å². The molecule has 1 rings (SSSR count).